The first-order valence-electron chi connectivity index (χ1n) is 7.47. The Bertz CT molecular complexity index is 274. The van der Waals surface area contributed by atoms with E-state index in [0.717, 1.165) is 39.3 Å². The summed E-state index contributed by atoms with van der Waals surface area (Å²) in [5, 5.41) is 0. The van der Waals surface area contributed by atoms with Gasteiger partial charge in [-0.15, -0.1) is 0 Å². The van der Waals surface area contributed by atoms with Crippen molar-refractivity contribution in [2.24, 2.45) is 5.92 Å². The molecule has 1 atom stereocenters. The normalized spacial score (nSPS) is 26.4. The first kappa shape index (κ1) is 13.7. The van der Waals surface area contributed by atoms with Gasteiger partial charge in [0, 0.05) is 39.3 Å². The summed E-state index contributed by atoms with van der Waals surface area (Å²) < 4.78 is 0. The van der Waals surface area contributed by atoms with Crippen LogP contribution in [0.5, 0.6) is 0 Å². The zero-order chi connectivity index (χ0) is 13.0. The van der Waals surface area contributed by atoms with Crippen molar-refractivity contribution in [1.29, 1.82) is 0 Å². The lowest BCUT2D eigenvalue weighted by Gasteiger charge is -2.39. The Morgan fingerprint density at radius 3 is 2.44 bits per heavy atom. The van der Waals surface area contributed by atoms with Crippen LogP contribution in [0.4, 0.5) is 4.79 Å². The Morgan fingerprint density at radius 1 is 1.11 bits per heavy atom. The Labute approximate surface area is 111 Å². The molecular formula is C14H27N3O. The molecule has 0 aromatic carbocycles. The summed E-state index contributed by atoms with van der Waals surface area (Å²) in [6.45, 7) is 11.4. The summed E-state index contributed by atoms with van der Waals surface area (Å²) >= 11 is 0. The number of rotatable bonds is 2. The van der Waals surface area contributed by atoms with Crippen molar-refractivity contribution in [3.8, 4) is 0 Å². The van der Waals surface area contributed by atoms with Gasteiger partial charge in [-0.1, -0.05) is 13.8 Å². The molecule has 4 heteroatoms. The van der Waals surface area contributed by atoms with Crippen molar-refractivity contribution in [3.05, 3.63) is 0 Å². The molecule has 0 radical (unpaired) electrons. The molecule has 2 saturated heterocycles. The lowest BCUT2D eigenvalue weighted by atomic mass is 10.0. The van der Waals surface area contributed by atoms with Crippen LogP contribution in [0, 0.1) is 5.92 Å². The Hall–Kier alpha value is -0.770. The molecule has 0 aromatic rings. The van der Waals surface area contributed by atoms with Crippen LogP contribution in [-0.2, 0) is 0 Å². The third-order valence-electron chi connectivity index (χ3n) is 4.11. The Kier molecular flexibility index (Phi) is 4.87. The van der Waals surface area contributed by atoms with Crippen molar-refractivity contribution in [2.45, 2.75) is 33.1 Å². The van der Waals surface area contributed by atoms with Gasteiger partial charge >= 0.3 is 6.03 Å². The average Bonchev–Trinajstić information content (AvgIpc) is 2.39. The van der Waals surface area contributed by atoms with E-state index in [-0.39, 0.29) is 6.03 Å². The molecule has 2 heterocycles. The minimum Gasteiger partial charge on any atom is -0.324 e. The fourth-order valence-corrected chi connectivity index (χ4v) is 3.04. The minimum absolute atomic E-state index is 0.276. The SMILES string of the molecule is CCCN1CCN(C(=O)N2CCCC(C)C2)CC1. The summed E-state index contributed by atoms with van der Waals surface area (Å²) in [7, 11) is 0. The van der Waals surface area contributed by atoms with Gasteiger partial charge in [-0.25, -0.2) is 4.79 Å². The summed E-state index contributed by atoms with van der Waals surface area (Å²) in [6, 6.07) is 0.276. The lowest BCUT2D eigenvalue weighted by molar-refractivity contribution is 0.100. The highest BCUT2D eigenvalue weighted by molar-refractivity contribution is 5.74. The molecule has 0 saturated carbocycles. The number of likely N-dealkylation sites (tertiary alicyclic amines) is 1. The molecular weight excluding hydrogens is 226 g/mol. The number of amides is 2. The number of hydrogen-bond acceptors (Lipinski definition) is 2. The van der Waals surface area contributed by atoms with Crippen LogP contribution in [0.1, 0.15) is 33.1 Å². The predicted molar refractivity (Wildman–Crippen MR) is 73.7 cm³/mol. The third-order valence-corrected chi connectivity index (χ3v) is 4.11. The third kappa shape index (κ3) is 3.37. The van der Waals surface area contributed by atoms with E-state index < -0.39 is 0 Å². The largest absolute Gasteiger partial charge is 0.324 e. The van der Waals surface area contributed by atoms with Crippen LogP contribution in [-0.4, -0.2) is 66.5 Å². The number of hydrogen-bond donors (Lipinski definition) is 0. The van der Waals surface area contributed by atoms with Crippen molar-refractivity contribution >= 4 is 6.03 Å². The molecule has 0 N–H and O–H groups in total. The molecule has 2 amide bonds. The first-order chi connectivity index (χ1) is 8.70. The summed E-state index contributed by atoms with van der Waals surface area (Å²) in [5.74, 6) is 0.670. The van der Waals surface area contributed by atoms with Crippen LogP contribution in [0.25, 0.3) is 0 Å². The molecule has 0 aliphatic carbocycles. The van der Waals surface area contributed by atoms with Gasteiger partial charge in [0.25, 0.3) is 0 Å². The quantitative estimate of drug-likeness (QED) is 0.751. The second-order valence-electron chi connectivity index (χ2n) is 5.80. The number of nitrogens with zero attached hydrogens (tertiary/aromatic N) is 3. The van der Waals surface area contributed by atoms with Gasteiger partial charge in [0.05, 0.1) is 0 Å². The zero-order valence-electron chi connectivity index (χ0n) is 11.9. The van der Waals surface area contributed by atoms with Gasteiger partial charge in [0.15, 0.2) is 0 Å². The minimum atomic E-state index is 0.276. The fraction of sp³-hybridized carbons (Fsp3) is 0.929. The standard InChI is InChI=1S/C14H27N3O/c1-3-6-15-8-10-16(11-9-15)14(18)17-7-4-5-13(2)12-17/h13H,3-12H2,1-2H3. The van der Waals surface area contributed by atoms with Crippen LogP contribution < -0.4 is 0 Å². The number of piperazine rings is 1. The summed E-state index contributed by atoms with van der Waals surface area (Å²) in [5.41, 5.74) is 0. The Balaban J connectivity index is 1.80. The van der Waals surface area contributed by atoms with Crippen LogP contribution in [0.3, 0.4) is 0 Å². The van der Waals surface area contributed by atoms with E-state index in [1.54, 1.807) is 0 Å². The molecule has 18 heavy (non-hydrogen) atoms. The molecule has 2 rings (SSSR count). The fourth-order valence-electron chi connectivity index (χ4n) is 3.04. The van der Waals surface area contributed by atoms with Gasteiger partial charge < -0.3 is 9.80 Å². The second-order valence-corrected chi connectivity index (χ2v) is 5.80. The maximum absolute atomic E-state index is 12.4. The van der Waals surface area contributed by atoms with E-state index in [4.69, 9.17) is 0 Å². The van der Waals surface area contributed by atoms with Crippen LogP contribution in [0.15, 0.2) is 0 Å². The lowest BCUT2D eigenvalue weighted by Crippen LogP contribution is -2.54. The maximum Gasteiger partial charge on any atom is 0.320 e. The molecule has 0 spiro atoms. The molecule has 2 fully saturated rings. The van der Waals surface area contributed by atoms with E-state index in [0.29, 0.717) is 5.92 Å². The van der Waals surface area contributed by atoms with Gasteiger partial charge in [-0.05, 0) is 31.7 Å². The molecule has 104 valence electrons. The van der Waals surface area contributed by atoms with Crippen LogP contribution >= 0.6 is 0 Å². The summed E-state index contributed by atoms with van der Waals surface area (Å²) in [6.07, 6.45) is 3.65. The van der Waals surface area contributed by atoms with Crippen molar-refractivity contribution in [3.63, 3.8) is 0 Å². The first-order valence-corrected chi connectivity index (χ1v) is 7.47. The second kappa shape index (κ2) is 6.41. The maximum atomic E-state index is 12.4. The Morgan fingerprint density at radius 2 is 1.83 bits per heavy atom. The number of piperidine rings is 1. The van der Waals surface area contributed by atoms with E-state index in [2.05, 4.69) is 23.6 Å². The molecule has 4 nitrogen and oxygen atoms in total. The predicted octanol–water partition coefficient (Wildman–Crippen LogP) is 1.87. The zero-order valence-corrected chi connectivity index (χ0v) is 11.9. The highest BCUT2D eigenvalue weighted by Gasteiger charge is 2.27. The molecule has 0 bridgehead atoms. The highest BCUT2D eigenvalue weighted by Crippen LogP contribution is 2.17. The number of carbonyl (C=O) groups excluding carboxylic acids is 1. The van der Waals surface area contributed by atoms with E-state index in [1.165, 1.54) is 25.8 Å². The monoisotopic (exact) mass is 253 g/mol. The number of carbonyl (C=O) groups is 1. The van der Waals surface area contributed by atoms with Gasteiger partial charge in [0.2, 0.25) is 0 Å². The van der Waals surface area contributed by atoms with E-state index in [1.807, 2.05) is 4.90 Å². The molecule has 2 aliphatic heterocycles. The van der Waals surface area contributed by atoms with Gasteiger partial charge in [0.1, 0.15) is 0 Å². The smallest absolute Gasteiger partial charge is 0.320 e. The molecule has 1 unspecified atom stereocenters. The average molecular weight is 253 g/mol. The highest BCUT2D eigenvalue weighted by atomic mass is 16.2. The van der Waals surface area contributed by atoms with Crippen molar-refractivity contribution < 1.29 is 4.79 Å². The molecule has 0 aromatic heterocycles. The van der Waals surface area contributed by atoms with E-state index >= 15 is 0 Å². The van der Waals surface area contributed by atoms with Gasteiger partial charge in [-0.2, -0.15) is 0 Å². The molecule has 2 aliphatic rings. The van der Waals surface area contributed by atoms with Crippen molar-refractivity contribution in [2.75, 3.05) is 45.8 Å². The summed E-state index contributed by atoms with van der Waals surface area (Å²) in [4.78, 5) is 19.0. The van der Waals surface area contributed by atoms with Gasteiger partial charge in [-0.3, -0.25) is 4.90 Å². The van der Waals surface area contributed by atoms with Crippen LogP contribution in [0.2, 0.25) is 0 Å². The topological polar surface area (TPSA) is 26.8 Å². The number of urea groups is 1. The van der Waals surface area contributed by atoms with E-state index in [9.17, 15) is 4.79 Å². The van der Waals surface area contributed by atoms with Crippen molar-refractivity contribution in [1.82, 2.24) is 14.7 Å².